The summed E-state index contributed by atoms with van der Waals surface area (Å²) in [7, 11) is -3.93. The first kappa shape index (κ1) is 16.8. The predicted molar refractivity (Wildman–Crippen MR) is 87.6 cm³/mol. The van der Waals surface area contributed by atoms with Crippen molar-refractivity contribution in [2.24, 2.45) is 0 Å². The summed E-state index contributed by atoms with van der Waals surface area (Å²) in [6.45, 7) is -0.527. The Morgan fingerprint density at radius 3 is 2.46 bits per heavy atom. The van der Waals surface area contributed by atoms with Crippen LogP contribution >= 0.6 is 11.6 Å². The number of aliphatic hydroxyl groups is 1. The number of sulfonamides is 1. The zero-order chi connectivity index (χ0) is 17.3. The van der Waals surface area contributed by atoms with E-state index in [0.717, 1.165) is 0 Å². The fraction of sp³-hybridized carbons (Fsp3) is 0.188. The number of carbonyl (C=O) groups excluding carboxylic acids is 1. The molecule has 1 N–H and O–H groups in total. The van der Waals surface area contributed by atoms with Crippen LogP contribution in [0, 0.1) is 0 Å². The number of carbonyl (C=O) groups is 1. The third-order valence-corrected chi connectivity index (χ3v) is 5.60. The van der Waals surface area contributed by atoms with Crippen LogP contribution < -0.4 is 4.74 Å². The third kappa shape index (κ3) is 3.10. The van der Waals surface area contributed by atoms with Gasteiger partial charge in [0, 0.05) is 5.02 Å². The maximum absolute atomic E-state index is 12.4. The second-order valence-corrected chi connectivity index (χ2v) is 7.52. The van der Waals surface area contributed by atoms with E-state index in [1.165, 1.54) is 12.1 Å². The van der Waals surface area contributed by atoms with Gasteiger partial charge < -0.3 is 9.84 Å². The molecule has 1 aliphatic heterocycles. The van der Waals surface area contributed by atoms with E-state index in [9.17, 15) is 18.3 Å². The highest BCUT2D eigenvalue weighted by molar-refractivity contribution is 7.90. The van der Waals surface area contributed by atoms with Gasteiger partial charge in [0.2, 0.25) is 0 Å². The summed E-state index contributed by atoms with van der Waals surface area (Å²) in [6.07, 6.45) is -1.16. The fourth-order valence-corrected chi connectivity index (χ4v) is 4.11. The molecule has 24 heavy (non-hydrogen) atoms. The molecule has 0 unspecified atom stereocenters. The van der Waals surface area contributed by atoms with Crippen molar-refractivity contribution >= 4 is 27.5 Å². The lowest BCUT2D eigenvalue weighted by Crippen LogP contribution is -2.39. The SMILES string of the molecule is O=C1c2ccccc2S(=O)(=O)N1C[C@H](O)COc1ccc(Cl)cc1. The van der Waals surface area contributed by atoms with Gasteiger partial charge in [-0.25, -0.2) is 12.7 Å². The Kier molecular flexibility index (Phi) is 4.49. The molecular weight excluding hydrogens is 354 g/mol. The van der Waals surface area contributed by atoms with Crippen LogP contribution in [0.15, 0.2) is 53.4 Å². The molecule has 1 amide bonds. The van der Waals surface area contributed by atoms with Crippen LogP contribution in [0.3, 0.4) is 0 Å². The molecule has 0 radical (unpaired) electrons. The third-order valence-electron chi connectivity index (χ3n) is 3.54. The number of hydrogen-bond donors (Lipinski definition) is 1. The molecule has 126 valence electrons. The Hall–Kier alpha value is -2.09. The summed E-state index contributed by atoms with van der Waals surface area (Å²) in [4.78, 5) is 12.2. The number of benzene rings is 2. The van der Waals surface area contributed by atoms with Crippen molar-refractivity contribution in [1.82, 2.24) is 4.31 Å². The van der Waals surface area contributed by atoms with Crippen LogP contribution in [0.5, 0.6) is 5.75 Å². The lowest BCUT2D eigenvalue weighted by atomic mass is 10.2. The maximum Gasteiger partial charge on any atom is 0.269 e. The number of ether oxygens (including phenoxy) is 1. The number of rotatable bonds is 5. The van der Waals surface area contributed by atoms with E-state index in [-0.39, 0.29) is 23.6 Å². The van der Waals surface area contributed by atoms with Gasteiger partial charge in [-0.1, -0.05) is 23.7 Å². The Morgan fingerprint density at radius 1 is 1.12 bits per heavy atom. The number of aliphatic hydroxyl groups excluding tert-OH is 1. The van der Waals surface area contributed by atoms with Crippen molar-refractivity contribution in [2.45, 2.75) is 11.0 Å². The van der Waals surface area contributed by atoms with E-state index < -0.39 is 22.0 Å². The normalized spacial score (nSPS) is 16.8. The minimum atomic E-state index is -3.93. The average molecular weight is 368 g/mol. The second-order valence-electron chi connectivity index (χ2n) is 5.26. The van der Waals surface area contributed by atoms with Gasteiger partial charge >= 0.3 is 0 Å². The Bertz CT molecular complexity index is 866. The molecule has 6 nitrogen and oxygen atoms in total. The largest absolute Gasteiger partial charge is 0.491 e. The lowest BCUT2D eigenvalue weighted by Gasteiger charge is -2.19. The van der Waals surface area contributed by atoms with Gasteiger partial charge in [-0.3, -0.25) is 4.79 Å². The topological polar surface area (TPSA) is 83.9 Å². The van der Waals surface area contributed by atoms with Gasteiger partial charge in [-0.15, -0.1) is 0 Å². The number of fused-ring (bicyclic) bond motifs is 1. The highest BCUT2D eigenvalue weighted by Gasteiger charge is 2.41. The molecule has 0 saturated carbocycles. The van der Waals surface area contributed by atoms with Gasteiger partial charge in [0.15, 0.2) is 0 Å². The molecule has 1 heterocycles. The standard InChI is InChI=1S/C16H14ClNO5S/c17-11-5-7-13(8-6-11)23-10-12(19)9-18-16(20)14-3-1-2-4-15(14)24(18,21)22/h1-8,12,19H,9-10H2/t12-/m0/s1. The van der Waals surface area contributed by atoms with Crippen molar-refractivity contribution in [3.8, 4) is 5.75 Å². The molecular formula is C16H14ClNO5S. The molecule has 2 aromatic carbocycles. The fourth-order valence-electron chi connectivity index (χ4n) is 2.38. The Balaban J connectivity index is 1.68. The van der Waals surface area contributed by atoms with Gasteiger partial charge in [0.05, 0.1) is 12.1 Å². The first-order valence-corrected chi connectivity index (χ1v) is 8.94. The smallest absolute Gasteiger partial charge is 0.269 e. The van der Waals surface area contributed by atoms with Gasteiger partial charge in [0.25, 0.3) is 15.9 Å². The molecule has 3 rings (SSSR count). The molecule has 0 bridgehead atoms. The number of nitrogens with zero attached hydrogens (tertiary/aromatic N) is 1. The summed E-state index contributed by atoms with van der Waals surface area (Å²) in [5.41, 5.74) is 0.114. The predicted octanol–water partition coefficient (Wildman–Crippen LogP) is 1.92. The van der Waals surface area contributed by atoms with Crippen LogP contribution in [0.1, 0.15) is 10.4 Å². The van der Waals surface area contributed by atoms with E-state index in [1.54, 1.807) is 36.4 Å². The molecule has 2 aromatic rings. The van der Waals surface area contributed by atoms with Crippen LogP contribution in [0.25, 0.3) is 0 Å². The highest BCUT2D eigenvalue weighted by atomic mass is 35.5. The summed E-state index contributed by atoms with van der Waals surface area (Å²) < 4.78 is 30.8. The zero-order valence-corrected chi connectivity index (χ0v) is 14.0. The highest BCUT2D eigenvalue weighted by Crippen LogP contribution is 2.29. The second kappa shape index (κ2) is 6.43. The Labute approximate surface area is 144 Å². The summed E-state index contributed by atoms with van der Waals surface area (Å²) >= 11 is 5.76. The molecule has 0 aromatic heterocycles. The van der Waals surface area contributed by atoms with Crippen molar-refractivity contribution in [1.29, 1.82) is 0 Å². The monoisotopic (exact) mass is 367 g/mol. The van der Waals surface area contributed by atoms with Crippen LogP contribution in [0.2, 0.25) is 5.02 Å². The van der Waals surface area contributed by atoms with E-state index in [2.05, 4.69) is 0 Å². The minimum Gasteiger partial charge on any atom is -0.491 e. The van der Waals surface area contributed by atoms with Crippen molar-refractivity contribution < 1.29 is 23.1 Å². The summed E-state index contributed by atoms with van der Waals surface area (Å²) in [5.74, 6) is -0.159. The van der Waals surface area contributed by atoms with Crippen molar-refractivity contribution in [3.05, 3.63) is 59.1 Å². The number of halogens is 1. The quantitative estimate of drug-likeness (QED) is 0.872. The zero-order valence-electron chi connectivity index (χ0n) is 12.4. The van der Waals surface area contributed by atoms with E-state index in [1.807, 2.05) is 0 Å². The number of β-amino-alcohol motifs (C(OH)–C–C–N with tert-alkyl or cyclic N) is 1. The molecule has 0 spiro atoms. The molecule has 0 fully saturated rings. The molecule has 0 aliphatic carbocycles. The van der Waals surface area contributed by atoms with Crippen molar-refractivity contribution in [2.75, 3.05) is 13.2 Å². The van der Waals surface area contributed by atoms with Gasteiger partial charge in [-0.2, -0.15) is 0 Å². The average Bonchev–Trinajstić information content (AvgIpc) is 2.76. The summed E-state index contributed by atoms with van der Waals surface area (Å²) in [6, 6.07) is 12.5. The minimum absolute atomic E-state index is 0.0409. The van der Waals surface area contributed by atoms with Gasteiger partial charge in [0.1, 0.15) is 23.4 Å². The first-order chi connectivity index (χ1) is 11.4. The van der Waals surface area contributed by atoms with Crippen LogP contribution in [-0.4, -0.2) is 43.0 Å². The summed E-state index contributed by atoms with van der Waals surface area (Å²) in [5, 5.41) is 10.6. The number of hydrogen-bond acceptors (Lipinski definition) is 5. The van der Waals surface area contributed by atoms with Crippen LogP contribution in [-0.2, 0) is 10.0 Å². The van der Waals surface area contributed by atoms with Crippen LogP contribution in [0.4, 0.5) is 0 Å². The number of amides is 1. The maximum atomic E-state index is 12.4. The molecule has 0 saturated heterocycles. The lowest BCUT2D eigenvalue weighted by molar-refractivity contribution is 0.0687. The molecule has 1 atom stereocenters. The van der Waals surface area contributed by atoms with Gasteiger partial charge in [-0.05, 0) is 36.4 Å². The first-order valence-electron chi connectivity index (χ1n) is 7.12. The van der Waals surface area contributed by atoms with E-state index in [0.29, 0.717) is 15.1 Å². The molecule has 1 aliphatic rings. The molecule has 8 heteroatoms. The Morgan fingerprint density at radius 2 is 1.79 bits per heavy atom. The van der Waals surface area contributed by atoms with Crippen molar-refractivity contribution in [3.63, 3.8) is 0 Å². The van der Waals surface area contributed by atoms with E-state index in [4.69, 9.17) is 16.3 Å². The van der Waals surface area contributed by atoms with E-state index >= 15 is 0 Å².